The van der Waals surface area contributed by atoms with Crippen LogP contribution in [0.1, 0.15) is 47.0 Å². The first-order chi connectivity index (χ1) is 5.38. The van der Waals surface area contributed by atoms with Crippen LogP contribution in [0, 0.1) is 16.2 Å². The summed E-state index contributed by atoms with van der Waals surface area (Å²) in [5.41, 5.74) is 0.543. The van der Waals surface area contributed by atoms with Gasteiger partial charge in [0.05, 0.1) is 0 Å². The Morgan fingerprint density at radius 1 is 1.08 bits per heavy atom. The second-order valence-electron chi connectivity index (χ2n) is 5.43. The molecule has 2 rings (SSSR count). The number of Topliss-reactive ketones (excluding diaryl/α,β-unsaturated/α-hetero) is 1. The Morgan fingerprint density at radius 3 is 1.75 bits per heavy atom. The lowest BCUT2D eigenvalue weighted by Crippen LogP contribution is -2.15. The molecule has 0 N–H and O–H groups in total. The Morgan fingerprint density at radius 2 is 1.58 bits per heavy atom. The van der Waals surface area contributed by atoms with Gasteiger partial charge in [0.25, 0.3) is 0 Å². The molecular weight excluding hydrogens is 148 g/mol. The normalized spacial score (nSPS) is 34.2. The maximum Gasteiger partial charge on any atom is 0.140 e. The van der Waals surface area contributed by atoms with Crippen LogP contribution in [-0.4, -0.2) is 5.78 Å². The van der Waals surface area contributed by atoms with Gasteiger partial charge in [0.15, 0.2) is 0 Å². The summed E-state index contributed by atoms with van der Waals surface area (Å²) in [6.07, 6.45) is 3.07. The van der Waals surface area contributed by atoms with E-state index in [2.05, 4.69) is 27.7 Å². The molecule has 0 amide bonds. The van der Waals surface area contributed by atoms with Crippen LogP contribution in [0.5, 0.6) is 0 Å². The van der Waals surface area contributed by atoms with Crippen LogP contribution in [0.25, 0.3) is 0 Å². The molecule has 0 aliphatic heterocycles. The largest absolute Gasteiger partial charge is 0.299 e. The molecule has 0 saturated heterocycles. The van der Waals surface area contributed by atoms with Gasteiger partial charge in [-0.25, -0.2) is 0 Å². The summed E-state index contributed by atoms with van der Waals surface area (Å²) in [6.45, 7) is 8.98. The second kappa shape index (κ2) is 1.78. The molecule has 0 bridgehead atoms. The van der Waals surface area contributed by atoms with Crippen molar-refractivity contribution in [2.45, 2.75) is 47.0 Å². The van der Waals surface area contributed by atoms with Crippen molar-refractivity contribution in [2.24, 2.45) is 16.2 Å². The van der Waals surface area contributed by atoms with Crippen LogP contribution in [0.2, 0.25) is 0 Å². The minimum absolute atomic E-state index is 0.0556. The van der Waals surface area contributed by atoms with Crippen molar-refractivity contribution in [3.8, 4) is 0 Å². The quantitative estimate of drug-likeness (QED) is 0.541. The van der Waals surface area contributed by atoms with Crippen molar-refractivity contribution in [3.63, 3.8) is 0 Å². The molecule has 2 fully saturated rings. The number of carbonyl (C=O) groups excluding carboxylic acids is 1. The highest BCUT2D eigenvalue weighted by Gasteiger charge is 2.80. The first kappa shape index (κ1) is 8.28. The zero-order valence-corrected chi connectivity index (χ0v) is 8.53. The van der Waals surface area contributed by atoms with Crippen molar-refractivity contribution in [1.29, 1.82) is 0 Å². The molecule has 0 aromatic carbocycles. The minimum atomic E-state index is 0.0556. The monoisotopic (exact) mass is 166 g/mol. The molecule has 68 valence electrons. The lowest BCUT2D eigenvalue weighted by atomic mass is 9.92. The fraction of sp³-hybridized carbons (Fsp3) is 0.909. The summed E-state index contributed by atoms with van der Waals surface area (Å²) < 4.78 is 0. The molecule has 0 atom stereocenters. The number of ketones is 1. The molecule has 0 heterocycles. The lowest BCUT2D eigenvalue weighted by molar-refractivity contribution is -0.123. The van der Waals surface area contributed by atoms with Crippen LogP contribution in [-0.2, 0) is 4.79 Å². The van der Waals surface area contributed by atoms with Gasteiger partial charge in [-0.1, -0.05) is 27.7 Å². The van der Waals surface area contributed by atoms with Crippen molar-refractivity contribution >= 4 is 5.78 Å². The topological polar surface area (TPSA) is 17.1 Å². The van der Waals surface area contributed by atoms with Gasteiger partial charge in [0, 0.05) is 11.8 Å². The Hall–Kier alpha value is -0.330. The third-order valence-electron chi connectivity index (χ3n) is 5.07. The van der Waals surface area contributed by atoms with E-state index in [0.717, 1.165) is 19.3 Å². The smallest absolute Gasteiger partial charge is 0.140 e. The van der Waals surface area contributed by atoms with Gasteiger partial charge >= 0.3 is 0 Å². The van der Waals surface area contributed by atoms with E-state index in [1.807, 2.05) is 0 Å². The highest BCUT2D eigenvalue weighted by Crippen LogP contribution is 2.81. The predicted molar refractivity (Wildman–Crippen MR) is 48.9 cm³/mol. The number of hydrogen-bond donors (Lipinski definition) is 0. The molecule has 0 aromatic rings. The van der Waals surface area contributed by atoms with Crippen molar-refractivity contribution in [1.82, 2.24) is 0 Å². The average molecular weight is 166 g/mol. The van der Waals surface area contributed by atoms with E-state index in [-0.39, 0.29) is 16.2 Å². The molecule has 0 unspecified atom stereocenters. The summed E-state index contributed by atoms with van der Waals surface area (Å²) in [7, 11) is 0. The summed E-state index contributed by atoms with van der Waals surface area (Å²) in [6, 6.07) is 0. The standard InChI is InChI=1S/C11H18O/c1-9(2)10(3,4)11(9)7-5-6-8(11)12/h5-7H2,1-4H3. The first-order valence-electron chi connectivity index (χ1n) is 4.91. The van der Waals surface area contributed by atoms with Crippen LogP contribution >= 0.6 is 0 Å². The average Bonchev–Trinajstić information content (AvgIpc) is 2.34. The van der Waals surface area contributed by atoms with E-state index in [4.69, 9.17) is 0 Å². The number of hydrogen-bond acceptors (Lipinski definition) is 1. The minimum Gasteiger partial charge on any atom is -0.299 e. The van der Waals surface area contributed by atoms with Gasteiger partial charge in [0.1, 0.15) is 5.78 Å². The van der Waals surface area contributed by atoms with Crippen molar-refractivity contribution in [2.75, 3.05) is 0 Å². The maximum atomic E-state index is 11.8. The van der Waals surface area contributed by atoms with Crippen molar-refractivity contribution in [3.05, 3.63) is 0 Å². The van der Waals surface area contributed by atoms with E-state index in [1.165, 1.54) is 0 Å². The lowest BCUT2D eigenvalue weighted by Gasteiger charge is -2.10. The van der Waals surface area contributed by atoms with E-state index < -0.39 is 0 Å². The molecule has 1 nitrogen and oxygen atoms in total. The van der Waals surface area contributed by atoms with E-state index in [1.54, 1.807) is 0 Å². The molecule has 1 heteroatoms. The molecule has 12 heavy (non-hydrogen) atoms. The molecule has 0 aromatic heterocycles. The van der Waals surface area contributed by atoms with Crippen LogP contribution in [0.3, 0.4) is 0 Å². The zero-order valence-electron chi connectivity index (χ0n) is 8.53. The van der Waals surface area contributed by atoms with Gasteiger partial charge in [0.2, 0.25) is 0 Å². The summed E-state index contributed by atoms with van der Waals surface area (Å²) in [5.74, 6) is 0.525. The third-order valence-corrected chi connectivity index (χ3v) is 5.07. The fourth-order valence-corrected chi connectivity index (χ4v) is 3.62. The molecular formula is C11H18O. The highest BCUT2D eigenvalue weighted by atomic mass is 16.1. The first-order valence-corrected chi connectivity index (χ1v) is 4.91. The molecule has 2 saturated carbocycles. The van der Waals surface area contributed by atoms with Crippen LogP contribution in [0.4, 0.5) is 0 Å². The Bertz CT molecular complexity index is 234. The van der Waals surface area contributed by atoms with Gasteiger partial charge in [-0.05, 0) is 23.7 Å². The summed E-state index contributed by atoms with van der Waals surface area (Å²) >= 11 is 0. The number of rotatable bonds is 0. The molecule has 2 aliphatic rings. The molecule has 2 aliphatic carbocycles. The Kier molecular flexibility index (Phi) is 1.23. The number of carbonyl (C=O) groups is 1. The fourth-order valence-electron chi connectivity index (χ4n) is 3.62. The van der Waals surface area contributed by atoms with E-state index >= 15 is 0 Å². The van der Waals surface area contributed by atoms with Gasteiger partial charge in [-0.15, -0.1) is 0 Å². The summed E-state index contributed by atoms with van der Waals surface area (Å²) in [5, 5.41) is 0. The van der Waals surface area contributed by atoms with Gasteiger partial charge < -0.3 is 0 Å². The van der Waals surface area contributed by atoms with E-state index in [9.17, 15) is 4.79 Å². The SMILES string of the molecule is CC1(C)C(C)(C)C12CCCC2=O. The Labute approximate surface area is 74.5 Å². The zero-order chi connectivity index (χ0) is 9.20. The summed E-state index contributed by atoms with van der Waals surface area (Å²) in [4.78, 5) is 11.8. The Balaban J connectivity index is 2.44. The van der Waals surface area contributed by atoms with Gasteiger partial charge in [-0.2, -0.15) is 0 Å². The highest BCUT2D eigenvalue weighted by molar-refractivity contribution is 5.92. The van der Waals surface area contributed by atoms with Crippen LogP contribution < -0.4 is 0 Å². The third kappa shape index (κ3) is 0.512. The second-order valence-corrected chi connectivity index (χ2v) is 5.43. The maximum absolute atomic E-state index is 11.8. The van der Waals surface area contributed by atoms with Crippen LogP contribution in [0.15, 0.2) is 0 Å². The molecule has 1 spiro atoms. The van der Waals surface area contributed by atoms with E-state index in [0.29, 0.717) is 5.78 Å². The predicted octanol–water partition coefficient (Wildman–Crippen LogP) is 2.79. The molecule has 0 radical (unpaired) electrons. The van der Waals surface area contributed by atoms with Gasteiger partial charge in [-0.3, -0.25) is 4.79 Å². The van der Waals surface area contributed by atoms with Crippen molar-refractivity contribution < 1.29 is 4.79 Å².